The molecule has 0 radical (unpaired) electrons. The van der Waals surface area contributed by atoms with Gasteiger partial charge in [0.1, 0.15) is 0 Å². The quantitative estimate of drug-likeness (QED) is 0.154. The number of hydrogen-bond acceptors (Lipinski definition) is 2. The molecule has 11 aromatic rings. The van der Waals surface area contributed by atoms with Crippen LogP contribution in [0.4, 0.5) is 0 Å². The van der Waals surface area contributed by atoms with Crippen LogP contribution in [0.15, 0.2) is 237 Å². The maximum absolute atomic E-state index is 5.15. The summed E-state index contributed by atoms with van der Waals surface area (Å²) in [5.74, 6) is 0.701. The standard InChI is InChI=1S/C58H39N3/c1-5-16-40(17-6-1)42-28-30-45(31-29-42)53-39-54(60-58(59-53)46-22-11-4-12-23-46)48-25-15-24-47(36-48)43-32-34-50(35-33-43)61-55-27-14-13-26-51(55)57-52(44-20-9-3-10-21-44)37-49(38-56(57)61)41-18-7-2-8-19-41/h1-39H. The lowest BCUT2D eigenvalue weighted by atomic mass is 9.94. The Morgan fingerprint density at radius 1 is 0.279 bits per heavy atom. The number of fused-ring (bicyclic) bond motifs is 3. The molecule has 0 amide bonds. The fourth-order valence-electron chi connectivity index (χ4n) is 8.60. The molecule has 0 N–H and O–H groups in total. The highest BCUT2D eigenvalue weighted by Gasteiger charge is 2.19. The van der Waals surface area contributed by atoms with E-state index in [0.717, 1.165) is 44.9 Å². The molecule has 3 nitrogen and oxygen atoms in total. The fourth-order valence-corrected chi connectivity index (χ4v) is 8.60. The second-order valence-electron chi connectivity index (χ2n) is 15.4. The van der Waals surface area contributed by atoms with Gasteiger partial charge >= 0.3 is 0 Å². The van der Waals surface area contributed by atoms with E-state index in [1.165, 1.54) is 55.2 Å². The van der Waals surface area contributed by atoms with Gasteiger partial charge in [-0.2, -0.15) is 0 Å². The summed E-state index contributed by atoms with van der Waals surface area (Å²) in [4.78, 5) is 10.2. The van der Waals surface area contributed by atoms with Crippen LogP contribution in [0.25, 0.3) is 106 Å². The monoisotopic (exact) mass is 777 g/mol. The number of benzene rings is 9. The molecule has 2 heterocycles. The van der Waals surface area contributed by atoms with Crippen molar-refractivity contribution in [1.82, 2.24) is 14.5 Å². The van der Waals surface area contributed by atoms with E-state index in [4.69, 9.17) is 9.97 Å². The number of nitrogens with zero attached hydrogens (tertiary/aromatic N) is 3. The highest BCUT2D eigenvalue weighted by molar-refractivity contribution is 6.17. The molecule has 61 heavy (non-hydrogen) atoms. The Morgan fingerprint density at radius 2 is 0.754 bits per heavy atom. The zero-order valence-electron chi connectivity index (χ0n) is 33.4. The largest absolute Gasteiger partial charge is 0.309 e. The van der Waals surface area contributed by atoms with E-state index in [2.05, 4.69) is 217 Å². The summed E-state index contributed by atoms with van der Waals surface area (Å²) in [7, 11) is 0. The third-order valence-electron chi connectivity index (χ3n) is 11.6. The van der Waals surface area contributed by atoms with Crippen molar-refractivity contribution in [3.05, 3.63) is 237 Å². The summed E-state index contributed by atoms with van der Waals surface area (Å²) in [5.41, 5.74) is 17.7. The lowest BCUT2D eigenvalue weighted by Gasteiger charge is -2.13. The van der Waals surface area contributed by atoms with Crippen LogP contribution in [0.5, 0.6) is 0 Å². The lowest BCUT2D eigenvalue weighted by Crippen LogP contribution is -1.96. The Balaban J connectivity index is 0.995. The van der Waals surface area contributed by atoms with Crippen molar-refractivity contribution in [1.29, 1.82) is 0 Å². The van der Waals surface area contributed by atoms with Crippen LogP contribution in [0.2, 0.25) is 0 Å². The van der Waals surface area contributed by atoms with Crippen LogP contribution in [0.3, 0.4) is 0 Å². The summed E-state index contributed by atoms with van der Waals surface area (Å²) in [6.45, 7) is 0. The molecular formula is C58H39N3. The molecule has 0 atom stereocenters. The van der Waals surface area contributed by atoms with Crippen molar-refractivity contribution in [2.75, 3.05) is 0 Å². The number of hydrogen-bond donors (Lipinski definition) is 0. The van der Waals surface area contributed by atoms with Crippen LogP contribution < -0.4 is 0 Å². The molecule has 2 aromatic heterocycles. The van der Waals surface area contributed by atoms with Crippen LogP contribution in [0.1, 0.15) is 0 Å². The van der Waals surface area contributed by atoms with Gasteiger partial charge in [-0.3, -0.25) is 0 Å². The molecule has 286 valence electrons. The van der Waals surface area contributed by atoms with E-state index < -0.39 is 0 Å². The summed E-state index contributed by atoms with van der Waals surface area (Å²) >= 11 is 0. The molecule has 0 saturated heterocycles. The first-order valence-electron chi connectivity index (χ1n) is 20.7. The van der Waals surface area contributed by atoms with E-state index in [1.807, 2.05) is 24.3 Å². The zero-order valence-corrected chi connectivity index (χ0v) is 33.4. The minimum absolute atomic E-state index is 0.701. The van der Waals surface area contributed by atoms with E-state index in [1.54, 1.807) is 0 Å². The van der Waals surface area contributed by atoms with Gasteiger partial charge in [0.25, 0.3) is 0 Å². The van der Waals surface area contributed by atoms with E-state index in [-0.39, 0.29) is 0 Å². The van der Waals surface area contributed by atoms with Crippen LogP contribution >= 0.6 is 0 Å². The van der Waals surface area contributed by atoms with Crippen molar-refractivity contribution in [2.24, 2.45) is 0 Å². The predicted molar refractivity (Wildman–Crippen MR) is 254 cm³/mol. The Labute approximate surface area is 355 Å². The first kappa shape index (κ1) is 36.0. The SMILES string of the molecule is c1ccc(-c2ccc(-c3cc(-c4cccc(-c5ccc(-n6c7ccccc7c7c(-c8ccccc8)cc(-c8ccccc8)cc76)cc5)c4)nc(-c4ccccc4)n3)cc2)cc1. The molecule has 0 saturated carbocycles. The Morgan fingerprint density at radius 3 is 1.43 bits per heavy atom. The first-order valence-corrected chi connectivity index (χ1v) is 20.7. The maximum atomic E-state index is 5.15. The van der Waals surface area contributed by atoms with Crippen molar-refractivity contribution in [3.63, 3.8) is 0 Å². The molecule has 0 unspecified atom stereocenters. The highest BCUT2D eigenvalue weighted by atomic mass is 15.0. The van der Waals surface area contributed by atoms with Crippen molar-refractivity contribution < 1.29 is 0 Å². The van der Waals surface area contributed by atoms with E-state index in [0.29, 0.717) is 5.82 Å². The van der Waals surface area contributed by atoms with Crippen molar-refractivity contribution in [3.8, 4) is 84.1 Å². The van der Waals surface area contributed by atoms with E-state index in [9.17, 15) is 0 Å². The van der Waals surface area contributed by atoms with E-state index >= 15 is 0 Å². The Bertz CT molecular complexity index is 3300. The second-order valence-corrected chi connectivity index (χ2v) is 15.4. The molecule has 0 aliphatic rings. The second kappa shape index (κ2) is 15.6. The summed E-state index contributed by atoms with van der Waals surface area (Å²) < 4.78 is 2.42. The van der Waals surface area contributed by atoms with Gasteiger partial charge in [-0.1, -0.05) is 194 Å². The fraction of sp³-hybridized carbons (Fsp3) is 0. The molecule has 3 heteroatoms. The number of aromatic nitrogens is 3. The van der Waals surface area contributed by atoms with Crippen LogP contribution in [0, 0.1) is 0 Å². The molecule has 0 aliphatic heterocycles. The van der Waals surface area contributed by atoms with Crippen molar-refractivity contribution in [2.45, 2.75) is 0 Å². The minimum Gasteiger partial charge on any atom is -0.309 e. The van der Waals surface area contributed by atoms with Gasteiger partial charge in [-0.15, -0.1) is 0 Å². The molecule has 11 rings (SSSR count). The molecule has 0 fully saturated rings. The Hall–Kier alpha value is -8.14. The molecular weight excluding hydrogens is 739 g/mol. The number of rotatable bonds is 8. The third kappa shape index (κ3) is 6.88. The van der Waals surface area contributed by atoms with Gasteiger partial charge in [0.15, 0.2) is 5.82 Å². The smallest absolute Gasteiger partial charge is 0.160 e. The van der Waals surface area contributed by atoms with Gasteiger partial charge in [-0.25, -0.2) is 9.97 Å². The summed E-state index contributed by atoms with van der Waals surface area (Å²) in [6.07, 6.45) is 0. The minimum atomic E-state index is 0.701. The van der Waals surface area contributed by atoms with Crippen LogP contribution in [-0.2, 0) is 0 Å². The van der Waals surface area contributed by atoms with Gasteiger partial charge in [0.2, 0.25) is 0 Å². The first-order chi connectivity index (χ1) is 30.2. The molecule has 0 spiro atoms. The van der Waals surface area contributed by atoms with Crippen LogP contribution in [-0.4, -0.2) is 14.5 Å². The summed E-state index contributed by atoms with van der Waals surface area (Å²) in [5, 5.41) is 2.49. The number of para-hydroxylation sites is 1. The van der Waals surface area contributed by atoms with Gasteiger partial charge in [0.05, 0.1) is 22.4 Å². The average molecular weight is 778 g/mol. The predicted octanol–water partition coefficient (Wildman–Crippen LogP) is 15.2. The Kier molecular flexibility index (Phi) is 9.18. The topological polar surface area (TPSA) is 30.7 Å². The average Bonchev–Trinajstić information content (AvgIpc) is 3.69. The third-order valence-corrected chi connectivity index (χ3v) is 11.6. The molecule has 0 bridgehead atoms. The summed E-state index contributed by atoms with van der Waals surface area (Å²) in [6, 6.07) is 84.1. The van der Waals surface area contributed by atoms with Gasteiger partial charge in [-0.05, 0) is 87.0 Å². The maximum Gasteiger partial charge on any atom is 0.160 e. The molecule has 0 aliphatic carbocycles. The molecule has 9 aromatic carbocycles. The van der Waals surface area contributed by atoms with Crippen molar-refractivity contribution >= 4 is 21.8 Å². The lowest BCUT2D eigenvalue weighted by molar-refractivity contribution is 1.18. The zero-order chi connectivity index (χ0) is 40.5. The van der Waals surface area contributed by atoms with Gasteiger partial charge in [0, 0.05) is 33.2 Å². The highest BCUT2D eigenvalue weighted by Crippen LogP contribution is 2.42. The normalized spacial score (nSPS) is 11.3. The van der Waals surface area contributed by atoms with Gasteiger partial charge < -0.3 is 4.57 Å².